The highest BCUT2D eigenvalue weighted by Crippen LogP contribution is 2.42. The number of urea groups is 1. The van der Waals surface area contributed by atoms with Gasteiger partial charge in [-0.2, -0.15) is 10.2 Å². The zero-order valence-electron chi connectivity index (χ0n) is 13.0. The number of carbonyl (C=O) groups excluding carboxylic acids is 3. The Morgan fingerprint density at radius 1 is 1.52 bits per heavy atom. The van der Waals surface area contributed by atoms with Crippen LogP contribution in [0.4, 0.5) is 4.79 Å². The highest BCUT2D eigenvalue weighted by Gasteiger charge is 2.51. The van der Waals surface area contributed by atoms with Crippen LogP contribution in [0.2, 0.25) is 0 Å². The summed E-state index contributed by atoms with van der Waals surface area (Å²) in [7, 11) is 1.25. The Labute approximate surface area is 131 Å². The minimum absolute atomic E-state index is 0.211. The van der Waals surface area contributed by atoms with E-state index >= 15 is 0 Å². The van der Waals surface area contributed by atoms with E-state index in [0.717, 1.165) is 0 Å². The third-order valence-electron chi connectivity index (χ3n) is 3.52. The molecule has 1 aromatic heterocycles. The molecular formula is C13H18N4O6. The molecule has 2 amide bonds. The van der Waals surface area contributed by atoms with Gasteiger partial charge in [-0.25, -0.2) is 9.59 Å². The third kappa shape index (κ3) is 2.97. The molecule has 3 heterocycles. The van der Waals surface area contributed by atoms with Crippen molar-refractivity contribution in [3.63, 3.8) is 0 Å². The number of nitrogens with zero attached hydrogens (tertiary/aromatic N) is 3. The number of hydrogen-bond donors (Lipinski definition) is 2. The normalized spacial score (nSPS) is 21.3. The summed E-state index contributed by atoms with van der Waals surface area (Å²) in [4.78, 5) is 34.5. The van der Waals surface area contributed by atoms with E-state index in [1.165, 1.54) is 25.1 Å². The van der Waals surface area contributed by atoms with Crippen molar-refractivity contribution in [1.29, 1.82) is 0 Å². The lowest BCUT2D eigenvalue weighted by molar-refractivity contribution is -0.146. The third-order valence-corrected chi connectivity index (χ3v) is 3.52. The summed E-state index contributed by atoms with van der Waals surface area (Å²) in [5, 5.41) is 16.8. The van der Waals surface area contributed by atoms with Gasteiger partial charge in [0.2, 0.25) is 0 Å². The van der Waals surface area contributed by atoms with E-state index in [4.69, 9.17) is 0 Å². The van der Waals surface area contributed by atoms with Crippen LogP contribution in [0.15, 0.2) is 6.20 Å². The Kier molecular flexibility index (Phi) is 4.84. The molecule has 1 aromatic rings. The lowest BCUT2D eigenvalue weighted by Crippen LogP contribution is -2.38. The Morgan fingerprint density at radius 2 is 2.22 bits per heavy atom. The van der Waals surface area contributed by atoms with Crippen molar-refractivity contribution < 1.29 is 29.1 Å². The molecule has 3 rings (SSSR count). The first-order valence-corrected chi connectivity index (χ1v) is 6.95. The van der Waals surface area contributed by atoms with E-state index in [1.54, 1.807) is 6.92 Å². The molecule has 10 nitrogen and oxygen atoms in total. The van der Waals surface area contributed by atoms with Gasteiger partial charge < -0.3 is 14.4 Å². The summed E-state index contributed by atoms with van der Waals surface area (Å²) in [6, 6.07) is -1.94. The van der Waals surface area contributed by atoms with Gasteiger partial charge in [0.15, 0.2) is 6.04 Å². The summed E-state index contributed by atoms with van der Waals surface area (Å²) < 4.78 is 9.07. The van der Waals surface area contributed by atoms with Crippen LogP contribution in [0.25, 0.3) is 0 Å². The summed E-state index contributed by atoms with van der Waals surface area (Å²) in [6.45, 7) is 3.90. The van der Waals surface area contributed by atoms with E-state index in [-0.39, 0.29) is 12.5 Å². The maximum absolute atomic E-state index is 11.7. The zero-order chi connectivity index (χ0) is 17.1. The predicted octanol–water partition coefficient (Wildman–Crippen LogP) is 0.375. The van der Waals surface area contributed by atoms with Crippen molar-refractivity contribution in [2.75, 3.05) is 20.3 Å². The molecule has 10 heteroatoms. The summed E-state index contributed by atoms with van der Waals surface area (Å²) >= 11 is 0. The molecule has 0 aromatic carbocycles. The second kappa shape index (κ2) is 6.65. The Hall–Kier alpha value is -2.62. The molecule has 0 spiro atoms. The summed E-state index contributed by atoms with van der Waals surface area (Å²) in [5.41, 5.74) is 1.14. The highest BCUT2D eigenvalue weighted by molar-refractivity contribution is 5.87. The van der Waals surface area contributed by atoms with Gasteiger partial charge >= 0.3 is 18.0 Å². The summed E-state index contributed by atoms with van der Waals surface area (Å²) in [6.07, 6.45) is 1.51. The Bertz CT molecular complexity index is 615. The minimum atomic E-state index is -0.863. The van der Waals surface area contributed by atoms with E-state index in [9.17, 15) is 19.6 Å². The molecule has 23 heavy (non-hydrogen) atoms. The number of aromatic nitrogens is 2. The lowest BCUT2D eigenvalue weighted by Gasteiger charge is -2.27. The first-order valence-electron chi connectivity index (χ1n) is 6.95. The number of rotatable bonds is 2. The average molecular weight is 326 g/mol. The number of hydrogen-bond acceptors (Lipinski definition) is 7. The van der Waals surface area contributed by atoms with Crippen LogP contribution in [-0.4, -0.2) is 63.6 Å². The molecular weight excluding hydrogens is 308 g/mol. The SMILES string of the molecule is CCOC(C)=O.COC(=O)[C@@H]1c2[nH]ncc2[C@H]2CN1C(=O)N2O. The van der Waals surface area contributed by atoms with Crippen LogP contribution >= 0.6 is 0 Å². The number of ether oxygens (including phenoxy) is 2. The van der Waals surface area contributed by atoms with Crippen LogP contribution in [0.3, 0.4) is 0 Å². The zero-order valence-corrected chi connectivity index (χ0v) is 13.0. The second-order valence-electron chi connectivity index (χ2n) is 4.88. The van der Waals surface area contributed by atoms with Gasteiger partial charge in [0.05, 0.1) is 32.2 Å². The van der Waals surface area contributed by atoms with Crippen LogP contribution in [0.1, 0.15) is 37.2 Å². The molecule has 1 saturated heterocycles. The van der Waals surface area contributed by atoms with Crippen LogP contribution in [-0.2, 0) is 19.1 Å². The monoisotopic (exact) mass is 326 g/mol. The molecule has 0 unspecified atom stereocenters. The van der Waals surface area contributed by atoms with Crippen LogP contribution < -0.4 is 0 Å². The maximum atomic E-state index is 11.7. The first kappa shape index (κ1) is 16.7. The van der Waals surface area contributed by atoms with Crippen molar-refractivity contribution in [3.05, 3.63) is 17.5 Å². The number of hydroxylamine groups is 2. The number of esters is 2. The lowest BCUT2D eigenvalue weighted by atomic mass is 9.98. The smallest absolute Gasteiger partial charge is 0.345 e. The molecule has 0 saturated carbocycles. The van der Waals surface area contributed by atoms with E-state index in [0.29, 0.717) is 22.9 Å². The average Bonchev–Trinajstić information content (AvgIpc) is 3.08. The molecule has 2 N–H and O–H groups in total. The number of nitrogens with one attached hydrogen (secondary N) is 1. The van der Waals surface area contributed by atoms with Crippen molar-refractivity contribution >= 4 is 18.0 Å². The van der Waals surface area contributed by atoms with Gasteiger partial charge in [-0.15, -0.1) is 0 Å². The highest BCUT2D eigenvalue weighted by atomic mass is 16.5. The van der Waals surface area contributed by atoms with Crippen LogP contribution in [0.5, 0.6) is 0 Å². The van der Waals surface area contributed by atoms with Gasteiger partial charge in [0.1, 0.15) is 6.04 Å². The van der Waals surface area contributed by atoms with Crippen LogP contribution in [0, 0.1) is 0 Å². The predicted molar refractivity (Wildman–Crippen MR) is 74.1 cm³/mol. The number of fused-ring (bicyclic) bond motifs is 4. The van der Waals surface area contributed by atoms with Gasteiger partial charge in [0, 0.05) is 12.5 Å². The molecule has 2 aliphatic heterocycles. The molecule has 0 aliphatic carbocycles. The van der Waals surface area contributed by atoms with Crippen molar-refractivity contribution in [3.8, 4) is 0 Å². The van der Waals surface area contributed by atoms with Gasteiger partial charge in [-0.1, -0.05) is 0 Å². The van der Waals surface area contributed by atoms with E-state index in [2.05, 4.69) is 19.7 Å². The van der Waals surface area contributed by atoms with E-state index in [1.807, 2.05) is 0 Å². The Balaban J connectivity index is 0.000000277. The fourth-order valence-electron chi connectivity index (χ4n) is 2.56. The van der Waals surface area contributed by atoms with E-state index < -0.39 is 24.1 Å². The number of H-pyrrole nitrogens is 1. The van der Waals surface area contributed by atoms with Crippen molar-refractivity contribution in [2.24, 2.45) is 0 Å². The van der Waals surface area contributed by atoms with Gasteiger partial charge in [-0.05, 0) is 6.92 Å². The first-order chi connectivity index (χ1) is 10.9. The quantitative estimate of drug-likeness (QED) is 0.594. The standard InChI is InChI=1S/C9H10N4O4.C4H8O2/c1-17-8(14)7-6-4(2-10-11-6)5-3-12(7)9(15)13(5)16;1-3-6-4(2)5/h2,5,7,16H,3H2,1H3,(H,10,11);3H2,1-2H3/t5-,7+;/m1./s1. The number of methoxy groups -OCH3 is 1. The largest absolute Gasteiger partial charge is 0.467 e. The molecule has 2 atom stereocenters. The number of amides is 2. The Morgan fingerprint density at radius 3 is 2.74 bits per heavy atom. The number of carbonyl (C=O) groups is 3. The molecule has 1 fully saturated rings. The fourth-order valence-corrected chi connectivity index (χ4v) is 2.56. The molecule has 126 valence electrons. The molecule has 2 aliphatic rings. The van der Waals surface area contributed by atoms with Crippen molar-refractivity contribution in [2.45, 2.75) is 25.9 Å². The molecule has 0 radical (unpaired) electrons. The van der Waals surface area contributed by atoms with Gasteiger partial charge in [0.25, 0.3) is 0 Å². The molecule has 2 bridgehead atoms. The van der Waals surface area contributed by atoms with Gasteiger partial charge in [-0.3, -0.25) is 15.1 Å². The fraction of sp³-hybridized carbons (Fsp3) is 0.538. The topological polar surface area (TPSA) is 125 Å². The number of aromatic amines is 1. The summed E-state index contributed by atoms with van der Waals surface area (Å²) in [5.74, 6) is -0.768. The maximum Gasteiger partial charge on any atom is 0.345 e. The minimum Gasteiger partial charge on any atom is -0.467 e. The second-order valence-corrected chi connectivity index (χ2v) is 4.88. The van der Waals surface area contributed by atoms with Crippen molar-refractivity contribution in [1.82, 2.24) is 20.2 Å².